The molecule has 0 aromatic carbocycles. The minimum Gasteiger partial charge on any atom is -0.388 e. The summed E-state index contributed by atoms with van der Waals surface area (Å²) in [6, 6.07) is 0.0101. The van der Waals surface area contributed by atoms with E-state index in [0.29, 0.717) is 6.54 Å². The third-order valence-electron chi connectivity index (χ3n) is 4.25. The summed E-state index contributed by atoms with van der Waals surface area (Å²) >= 11 is 0. The number of nitrogens with zero attached hydrogens (tertiary/aromatic N) is 1. The van der Waals surface area contributed by atoms with E-state index >= 15 is 0 Å². The van der Waals surface area contributed by atoms with Gasteiger partial charge >= 0.3 is 6.03 Å². The summed E-state index contributed by atoms with van der Waals surface area (Å²) in [6.07, 6.45) is 9.70. The number of urea groups is 1. The van der Waals surface area contributed by atoms with Gasteiger partial charge in [-0.15, -0.1) is 0 Å². The van der Waals surface area contributed by atoms with Crippen LogP contribution in [0.25, 0.3) is 0 Å². The number of hydrogen-bond acceptors (Lipinski definition) is 2. The lowest BCUT2D eigenvalue weighted by Crippen LogP contribution is -2.48. The zero-order valence-electron chi connectivity index (χ0n) is 11.3. The molecule has 18 heavy (non-hydrogen) atoms. The Kier molecular flexibility index (Phi) is 4.87. The van der Waals surface area contributed by atoms with Crippen LogP contribution in [0.5, 0.6) is 0 Å². The van der Waals surface area contributed by atoms with Gasteiger partial charge in [-0.3, -0.25) is 0 Å². The highest BCUT2D eigenvalue weighted by Gasteiger charge is 2.30. The largest absolute Gasteiger partial charge is 0.388 e. The molecule has 1 aliphatic carbocycles. The van der Waals surface area contributed by atoms with Gasteiger partial charge in [-0.2, -0.15) is 0 Å². The molecule has 2 aliphatic rings. The standard InChI is InChI=1S/C14H26N2O2/c17-13(16-10-6-1-2-7-11-16)15-12-14(18)8-4-3-5-9-14/h18H,1-12H2,(H,15,17). The predicted octanol–water partition coefficient (Wildman–Crippen LogP) is 2.27. The molecule has 1 heterocycles. The highest BCUT2D eigenvalue weighted by atomic mass is 16.3. The molecule has 1 aliphatic heterocycles. The number of carbonyl (C=O) groups is 1. The monoisotopic (exact) mass is 254 g/mol. The summed E-state index contributed by atoms with van der Waals surface area (Å²) in [5, 5.41) is 13.3. The van der Waals surface area contributed by atoms with Gasteiger partial charge in [0.1, 0.15) is 0 Å². The maximum atomic E-state index is 12.0. The molecule has 2 rings (SSSR count). The third-order valence-corrected chi connectivity index (χ3v) is 4.25. The number of carbonyl (C=O) groups excluding carboxylic acids is 1. The van der Waals surface area contributed by atoms with E-state index in [1.54, 1.807) is 0 Å². The van der Waals surface area contributed by atoms with Gasteiger partial charge in [0, 0.05) is 19.6 Å². The second-order valence-corrected chi connectivity index (χ2v) is 5.84. The number of hydrogen-bond donors (Lipinski definition) is 2. The predicted molar refractivity (Wildman–Crippen MR) is 71.5 cm³/mol. The van der Waals surface area contributed by atoms with Crippen molar-refractivity contribution in [3.63, 3.8) is 0 Å². The van der Waals surface area contributed by atoms with Crippen molar-refractivity contribution in [3.8, 4) is 0 Å². The molecule has 0 aromatic rings. The minimum absolute atomic E-state index is 0.0101. The average Bonchev–Trinajstić information content (AvgIpc) is 2.66. The molecule has 4 nitrogen and oxygen atoms in total. The number of likely N-dealkylation sites (tertiary alicyclic amines) is 1. The Hall–Kier alpha value is -0.770. The van der Waals surface area contributed by atoms with Gasteiger partial charge in [-0.05, 0) is 25.7 Å². The molecular weight excluding hydrogens is 228 g/mol. The fraction of sp³-hybridized carbons (Fsp3) is 0.929. The van der Waals surface area contributed by atoms with Crippen molar-refractivity contribution in [2.45, 2.75) is 63.4 Å². The molecule has 0 unspecified atom stereocenters. The number of nitrogens with one attached hydrogen (secondary N) is 1. The Balaban J connectivity index is 1.76. The van der Waals surface area contributed by atoms with Crippen molar-refractivity contribution in [2.24, 2.45) is 0 Å². The van der Waals surface area contributed by atoms with Crippen LogP contribution in [0, 0.1) is 0 Å². The normalized spacial score (nSPS) is 24.4. The van der Waals surface area contributed by atoms with E-state index in [1.165, 1.54) is 19.3 Å². The summed E-state index contributed by atoms with van der Waals surface area (Å²) in [4.78, 5) is 13.9. The molecule has 0 aromatic heterocycles. The highest BCUT2D eigenvalue weighted by Crippen LogP contribution is 2.27. The van der Waals surface area contributed by atoms with Crippen LogP contribution in [-0.2, 0) is 0 Å². The second kappa shape index (κ2) is 6.41. The molecule has 0 atom stereocenters. The first kappa shape index (κ1) is 13.7. The first-order chi connectivity index (χ1) is 8.70. The number of aliphatic hydroxyl groups is 1. The lowest BCUT2D eigenvalue weighted by Gasteiger charge is -2.33. The molecule has 1 saturated carbocycles. The fourth-order valence-corrected chi connectivity index (χ4v) is 3.01. The zero-order valence-corrected chi connectivity index (χ0v) is 11.3. The van der Waals surface area contributed by atoms with Crippen LogP contribution in [0.3, 0.4) is 0 Å². The van der Waals surface area contributed by atoms with Crippen LogP contribution in [0.4, 0.5) is 4.79 Å². The van der Waals surface area contributed by atoms with Gasteiger partial charge in [-0.1, -0.05) is 32.1 Å². The van der Waals surface area contributed by atoms with Crippen molar-refractivity contribution < 1.29 is 9.90 Å². The number of amides is 2. The van der Waals surface area contributed by atoms with Crippen molar-refractivity contribution in [1.29, 1.82) is 0 Å². The quantitative estimate of drug-likeness (QED) is 0.794. The van der Waals surface area contributed by atoms with Gasteiger partial charge < -0.3 is 15.3 Å². The molecule has 2 fully saturated rings. The van der Waals surface area contributed by atoms with Crippen LogP contribution in [0.1, 0.15) is 57.8 Å². The van der Waals surface area contributed by atoms with E-state index < -0.39 is 5.60 Å². The van der Waals surface area contributed by atoms with Crippen molar-refractivity contribution >= 4 is 6.03 Å². The highest BCUT2D eigenvalue weighted by molar-refractivity contribution is 5.74. The molecule has 0 bridgehead atoms. The lowest BCUT2D eigenvalue weighted by molar-refractivity contribution is 0.00622. The van der Waals surface area contributed by atoms with E-state index in [4.69, 9.17) is 0 Å². The van der Waals surface area contributed by atoms with Crippen molar-refractivity contribution in [2.75, 3.05) is 19.6 Å². The van der Waals surface area contributed by atoms with Gasteiger partial charge in [-0.25, -0.2) is 4.79 Å². The van der Waals surface area contributed by atoms with E-state index in [1.807, 2.05) is 4.90 Å². The number of rotatable bonds is 2. The van der Waals surface area contributed by atoms with Crippen LogP contribution in [0.2, 0.25) is 0 Å². The smallest absolute Gasteiger partial charge is 0.317 e. The molecule has 0 spiro atoms. The van der Waals surface area contributed by atoms with E-state index in [-0.39, 0.29) is 6.03 Å². The average molecular weight is 254 g/mol. The SMILES string of the molecule is O=C(NCC1(O)CCCCC1)N1CCCCCC1. The van der Waals surface area contributed by atoms with Crippen LogP contribution in [-0.4, -0.2) is 41.3 Å². The topological polar surface area (TPSA) is 52.6 Å². The molecule has 2 N–H and O–H groups in total. The summed E-state index contributed by atoms with van der Waals surface area (Å²) in [5.41, 5.74) is -0.653. The summed E-state index contributed by atoms with van der Waals surface area (Å²) in [7, 11) is 0. The maximum absolute atomic E-state index is 12.0. The molecule has 0 radical (unpaired) electrons. The Labute approximate surface area is 110 Å². The van der Waals surface area contributed by atoms with Gasteiger partial charge in [0.15, 0.2) is 0 Å². The van der Waals surface area contributed by atoms with Crippen LogP contribution >= 0.6 is 0 Å². The van der Waals surface area contributed by atoms with E-state index in [9.17, 15) is 9.90 Å². The zero-order chi connectivity index (χ0) is 12.8. The molecule has 104 valence electrons. The maximum Gasteiger partial charge on any atom is 0.317 e. The van der Waals surface area contributed by atoms with Gasteiger partial charge in [0.25, 0.3) is 0 Å². The molecular formula is C14H26N2O2. The third kappa shape index (κ3) is 3.87. The fourth-order valence-electron chi connectivity index (χ4n) is 3.01. The minimum atomic E-state index is -0.653. The van der Waals surface area contributed by atoms with E-state index in [2.05, 4.69) is 5.32 Å². The Morgan fingerprint density at radius 3 is 2.17 bits per heavy atom. The van der Waals surface area contributed by atoms with Crippen LogP contribution < -0.4 is 5.32 Å². The van der Waals surface area contributed by atoms with Crippen molar-refractivity contribution in [3.05, 3.63) is 0 Å². The Morgan fingerprint density at radius 1 is 1.00 bits per heavy atom. The summed E-state index contributed by atoms with van der Waals surface area (Å²) in [5.74, 6) is 0. The van der Waals surface area contributed by atoms with E-state index in [0.717, 1.165) is 51.6 Å². The first-order valence-corrected chi connectivity index (χ1v) is 7.45. The lowest BCUT2D eigenvalue weighted by atomic mass is 9.85. The van der Waals surface area contributed by atoms with Gasteiger partial charge in [0.2, 0.25) is 0 Å². The molecule has 1 saturated heterocycles. The Bertz CT molecular complexity index is 267. The summed E-state index contributed by atoms with van der Waals surface area (Å²) < 4.78 is 0. The second-order valence-electron chi connectivity index (χ2n) is 5.84. The Morgan fingerprint density at radius 2 is 1.56 bits per heavy atom. The van der Waals surface area contributed by atoms with Gasteiger partial charge in [0.05, 0.1) is 5.60 Å². The molecule has 4 heteroatoms. The van der Waals surface area contributed by atoms with Crippen LogP contribution in [0.15, 0.2) is 0 Å². The summed E-state index contributed by atoms with van der Waals surface area (Å²) in [6.45, 7) is 2.15. The first-order valence-electron chi connectivity index (χ1n) is 7.45. The molecule has 2 amide bonds. The van der Waals surface area contributed by atoms with Crippen molar-refractivity contribution in [1.82, 2.24) is 10.2 Å².